The van der Waals surface area contributed by atoms with Crippen molar-refractivity contribution in [3.05, 3.63) is 65.5 Å². The highest BCUT2D eigenvalue weighted by Crippen LogP contribution is 2.08. The average molecular weight is 226 g/mol. The number of rotatable bonds is 4. The van der Waals surface area contributed by atoms with E-state index in [-0.39, 0.29) is 5.78 Å². The molecule has 0 bridgehead atoms. The first-order valence-corrected chi connectivity index (χ1v) is 5.50. The van der Waals surface area contributed by atoms with E-state index in [0.717, 1.165) is 11.1 Å². The summed E-state index contributed by atoms with van der Waals surface area (Å²) in [7, 11) is 0. The van der Waals surface area contributed by atoms with Gasteiger partial charge in [-0.1, -0.05) is 30.3 Å². The van der Waals surface area contributed by atoms with Gasteiger partial charge >= 0.3 is 0 Å². The van der Waals surface area contributed by atoms with Crippen molar-refractivity contribution in [2.24, 2.45) is 5.73 Å². The topological polar surface area (TPSA) is 56.0 Å². The number of ketones is 1. The second-order valence-corrected chi connectivity index (χ2v) is 3.86. The summed E-state index contributed by atoms with van der Waals surface area (Å²) >= 11 is 0. The van der Waals surface area contributed by atoms with E-state index in [1.165, 1.54) is 0 Å². The van der Waals surface area contributed by atoms with Crippen molar-refractivity contribution < 1.29 is 4.79 Å². The maximum Gasteiger partial charge on any atom is 0.167 e. The predicted octanol–water partition coefficient (Wildman–Crippen LogP) is 1.97. The molecule has 0 spiro atoms. The standard InChI is InChI=1S/C14H14N2O/c15-9-11-3-5-13(6-4-11)14(17)8-12-2-1-7-16-10-12/h1-7,10H,8-9,15H2. The molecule has 0 atom stereocenters. The second-order valence-electron chi connectivity index (χ2n) is 3.86. The van der Waals surface area contributed by atoms with Crippen LogP contribution in [0.3, 0.4) is 0 Å². The number of hydrogen-bond acceptors (Lipinski definition) is 3. The molecule has 3 nitrogen and oxygen atoms in total. The molecule has 1 aromatic heterocycles. The van der Waals surface area contributed by atoms with Gasteiger partial charge in [-0.15, -0.1) is 0 Å². The van der Waals surface area contributed by atoms with Gasteiger partial charge in [-0.2, -0.15) is 0 Å². The smallest absolute Gasteiger partial charge is 0.167 e. The Balaban J connectivity index is 2.09. The van der Waals surface area contributed by atoms with Crippen LogP contribution in [0.1, 0.15) is 21.5 Å². The van der Waals surface area contributed by atoms with Crippen LogP contribution in [0.4, 0.5) is 0 Å². The quantitative estimate of drug-likeness (QED) is 0.811. The third-order valence-corrected chi connectivity index (χ3v) is 2.60. The maximum absolute atomic E-state index is 12.0. The largest absolute Gasteiger partial charge is 0.326 e. The average Bonchev–Trinajstić information content (AvgIpc) is 2.40. The summed E-state index contributed by atoms with van der Waals surface area (Å²) in [5.74, 6) is 0.0987. The fourth-order valence-corrected chi connectivity index (χ4v) is 1.62. The second kappa shape index (κ2) is 5.37. The van der Waals surface area contributed by atoms with Crippen LogP contribution in [0.2, 0.25) is 0 Å². The highest BCUT2D eigenvalue weighted by molar-refractivity contribution is 5.97. The Morgan fingerprint density at radius 1 is 1.12 bits per heavy atom. The minimum atomic E-state index is 0.0987. The molecule has 0 aliphatic carbocycles. The summed E-state index contributed by atoms with van der Waals surface area (Å²) in [5.41, 5.74) is 8.18. The van der Waals surface area contributed by atoms with Crippen LogP contribution < -0.4 is 5.73 Å². The molecule has 0 amide bonds. The lowest BCUT2D eigenvalue weighted by Gasteiger charge is -2.02. The van der Waals surface area contributed by atoms with E-state index >= 15 is 0 Å². The number of benzene rings is 1. The van der Waals surface area contributed by atoms with Crippen LogP contribution >= 0.6 is 0 Å². The summed E-state index contributed by atoms with van der Waals surface area (Å²) in [6.45, 7) is 0.497. The van der Waals surface area contributed by atoms with Gasteiger partial charge in [0.25, 0.3) is 0 Å². The van der Waals surface area contributed by atoms with Crippen LogP contribution in [0.15, 0.2) is 48.8 Å². The monoisotopic (exact) mass is 226 g/mol. The van der Waals surface area contributed by atoms with Crippen molar-refractivity contribution in [2.45, 2.75) is 13.0 Å². The first-order valence-electron chi connectivity index (χ1n) is 5.50. The Morgan fingerprint density at radius 2 is 1.88 bits per heavy atom. The van der Waals surface area contributed by atoms with Crippen LogP contribution in [0.25, 0.3) is 0 Å². The molecule has 1 heterocycles. The number of hydrogen-bond donors (Lipinski definition) is 1. The first kappa shape index (κ1) is 11.5. The number of nitrogens with zero attached hydrogens (tertiary/aromatic N) is 1. The maximum atomic E-state index is 12.0. The molecule has 0 saturated heterocycles. The number of aromatic nitrogens is 1. The fourth-order valence-electron chi connectivity index (χ4n) is 1.62. The molecule has 2 aromatic rings. The molecule has 0 aliphatic rings. The van der Waals surface area contributed by atoms with Gasteiger partial charge in [0.1, 0.15) is 0 Å². The minimum absolute atomic E-state index is 0.0987. The van der Waals surface area contributed by atoms with E-state index in [2.05, 4.69) is 4.98 Å². The molecular weight excluding hydrogens is 212 g/mol. The summed E-state index contributed by atoms with van der Waals surface area (Å²) < 4.78 is 0. The summed E-state index contributed by atoms with van der Waals surface area (Å²) in [6, 6.07) is 11.1. The van der Waals surface area contributed by atoms with Gasteiger partial charge in [-0.3, -0.25) is 9.78 Å². The van der Waals surface area contributed by atoms with Crippen molar-refractivity contribution in [3.63, 3.8) is 0 Å². The first-order chi connectivity index (χ1) is 8.29. The van der Waals surface area contributed by atoms with Gasteiger partial charge < -0.3 is 5.73 Å². The Labute approximate surface area is 100 Å². The van der Waals surface area contributed by atoms with E-state index in [0.29, 0.717) is 18.5 Å². The molecule has 2 rings (SSSR count). The molecule has 2 N–H and O–H groups in total. The highest BCUT2D eigenvalue weighted by atomic mass is 16.1. The van der Waals surface area contributed by atoms with Crippen LogP contribution in [-0.2, 0) is 13.0 Å². The zero-order valence-electron chi connectivity index (χ0n) is 9.47. The van der Waals surface area contributed by atoms with Crippen LogP contribution in [0.5, 0.6) is 0 Å². The number of Topliss-reactive ketones (excluding diaryl/α,β-unsaturated/α-hetero) is 1. The molecule has 0 fully saturated rings. The number of carbonyl (C=O) groups excluding carboxylic acids is 1. The summed E-state index contributed by atoms with van der Waals surface area (Å²) in [4.78, 5) is 15.9. The summed E-state index contributed by atoms with van der Waals surface area (Å²) in [6.07, 6.45) is 3.80. The Bertz CT molecular complexity index is 491. The Morgan fingerprint density at radius 3 is 2.47 bits per heavy atom. The molecule has 0 aliphatic heterocycles. The van der Waals surface area contributed by atoms with Crippen molar-refractivity contribution in [2.75, 3.05) is 0 Å². The Kier molecular flexibility index (Phi) is 3.62. The molecule has 0 radical (unpaired) electrons. The van der Waals surface area contributed by atoms with Crippen molar-refractivity contribution in [3.8, 4) is 0 Å². The molecule has 1 aromatic carbocycles. The lowest BCUT2D eigenvalue weighted by atomic mass is 10.0. The van der Waals surface area contributed by atoms with Gasteiger partial charge in [0.05, 0.1) is 0 Å². The normalized spacial score (nSPS) is 10.2. The summed E-state index contributed by atoms with van der Waals surface area (Å²) in [5, 5.41) is 0. The van der Waals surface area contributed by atoms with E-state index < -0.39 is 0 Å². The third kappa shape index (κ3) is 2.98. The van der Waals surface area contributed by atoms with E-state index in [1.807, 2.05) is 36.4 Å². The van der Waals surface area contributed by atoms with Gasteiger partial charge in [-0.05, 0) is 17.2 Å². The lowest BCUT2D eigenvalue weighted by Crippen LogP contribution is -2.04. The molecule has 0 saturated carbocycles. The van der Waals surface area contributed by atoms with E-state index in [4.69, 9.17) is 5.73 Å². The molecule has 0 unspecified atom stereocenters. The number of carbonyl (C=O) groups is 1. The van der Waals surface area contributed by atoms with Crippen molar-refractivity contribution in [1.82, 2.24) is 4.98 Å². The number of nitrogens with two attached hydrogens (primary N) is 1. The van der Waals surface area contributed by atoms with E-state index in [1.54, 1.807) is 12.4 Å². The lowest BCUT2D eigenvalue weighted by molar-refractivity contribution is 0.0993. The van der Waals surface area contributed by atoms with Crippen molar-refractivity contribution >= 4 is 5.78 Å². The Hall–Kier alpha value is -2.00. The SMILES string of the molecule is NCc1ccc(C(=O)Cc2cccnc2)cc1. The van der Waals surface area contributed by atoms with E-state index in [9.17, 15) is 4.79 Å². The predicted molar refractivity (Wildman–Crippen MR) is 66.6 cm³/mol. The zero-order valence-corrected chi connectivity index (χ0v) is 9.47. The molecular formula is C14H14N2O. The van der Waals surface area contributed by atoms with Gasteiger partial charge in [-0.25, -0.2) is 0 Å². The van der Waals surface area contributed by atoms with Gasteiger partial charge in [0.15, 0.2) is 5.78 Å². The third-order valence-electron chi connectivity index (χ3n) is 2.60. The van der Waals surface area contributed by atoms with Crippen LogP contribution in [0, 0.1) is 0 Å². The van der Waals surface area contributed by atoms with Crippen molar-refractivity contribution in [1.29, 1.82) is 0 Å². The highest BCUT2D eigenvalue weighted by Gasteiger charge is 2.06. The molecule has 86 valence electrons. The van der Waals surface area contributed by atoms with Gasteiger partial charge in [0.2, 0.25) is 0 Å². The zero-order chi connectivity index (χ0) is 12.1. The van der Waals surface area contributed by atoms with Gasteiger partial charge in [0, 0.05) is 30.9 Å². The minimum Gasteiger partial charge on any atom is -0.326 e. The fraction of sp³-hybridized carbons (Fsp3) is 0.143. The molecule has 3 heteroatoms. The molecule has 17 heavy (non-hydrogen) atoms. The number of pyridine rings is 1. The van der Waals surface area contributed by atoms with Crippen LogP contribution in [-0.4, -0.2) is 10.8 Å².